The monoisotopic (exact) mass is 237 g/mol. The predicted molar refractivity (Wildman–Crippen MR) is 68.0 cm³/mol. The first-order valence-electron chi connectivity index (χ1n) is 6.64. The minimum Gasteiger partial charge on any atom is -0.391 e. The zero-order chi connectivity index (χ0) is 12.3. The lowest BCUT2D eigenvalue weighted by Crippen LogP contribution is -2.30. The molecule has 0 amide bonds. The van der Waals surface area contributed by atoms with E-state index < -0.39 is 0 Å². The lowest BCUT2D eigenvalue weighted by Gasteiger charge is -2.10. The fraction of sp³-hybridized carbons (Fsp3) is 0.769. The number of rotatable bonds is 7. The summed E-state index contributed by atoms with van der Waals surface area (Å²) in [4.78, 5) is 0. The van der Waals surface area contributed by atoms with Crippen LogP contribution in [0.1, 0.15) is 44.8 Å². The van der Waals surface area contributed by atoms with E-state index >= 15 is 0 Å². The van der Waals surface area contributed by atoms with E-state index in [1.165, 1.54) is 12.8 Å². The number of aromatic nitrogens is 2. The van der Waals surface area contributed by atoms with Crippen molar-refractivity contribution in [1.82, 2.24) is 15.1 Å². The summed E-state index contributed by atoms with van der Waals surface area (Å²) < 4.78 is 1.98. The van der Waals surface area contributed by atoms with Crippen molar-refractivity contribution in [2.45, 2.75) is 57.7 Å². The van der Waals surface area contributed by atoms with Gasteiger partial charge in [0.05, 0.1) is 11.8 Å². The van der Waals surface area contributed by atoms with E-state index in [1.807, 2.05) is 16.9 Å². The second kappa shape index (κ2) is 5.65. The predicted octanol–water partition coefficient (Wildman–Crippen LogP) is 1.51. The molecule has 2 rings (SSSR count). The zero-order valence-corrected chi connectivity index (χ0v) is 10.8. The molecule has 1 aromatic heterocycles. The normalized spacial score (nSPS) is 19.2. The number of hydrogen-bond acceptors (Lipinski definition) is 3. The Morgan fingerprint density at radius 1 is 1.59 bits per heavy atom. The van der Waals surface area contributed by atoms with Gasteiger partial charge in [0.1, 0.15) is 0 Å². The van der Waals surface area contributed by atoms with Crippen LogP contribution in [0.2, 0.25) is 0 Å². The third kappa shape index (κ3) is 3.82. The molecule has 0 saturated heterocycles. The number of nitrogens with one attached hydrogen (secondary N) is 1. The van der Waals surface area contributed by atoms with Gasteiger partial charge in [-0.3, -0.25) is 4.68 Å². The molecule has 1 heterocycles. The van der Waals surface area contributed by atoms with Gasteiger partial charge in [-0.25, -0.2) is 0 Å². The van der Waals surface area contributed by atoms with E-state index in [0.29, 0.717) is 25.0 Å². The first-order chi connectivity index (χ1) is 8.19. The Kier molecular flexibility index (Phi) is 4.18. The quantitative estimate of drug-likeness (QED) is 0.756. The van der Waals surface area contributed by atoms with Crippen molar-refractivity contribution < 1.29 is 5.11 Å². The van der Waals surface area contributed by atoms with Crippen molar-refractivity contribution in [2.75, 3.05) is 6.54 Å². The summed E-state index contributed by atoms with van der Waals surface area (Å²) in [5.74, 6) is 0. The summed E-state index contributed by atoms with van der Waals surface area (Å²) in [6.45, 7) is 4.99. The highest BCUT2D eigenvalue weighted by Crippen LogP contribution is 2.18. The lowest BCUT2D eigenvalue weighted by atomic mass is 10.2. The topological polar surface area (TPSA) is 50.1 Å². The van der Waals surface area contributed by atoms with Crippen LogP contribution >= 0.6 is 0 Å². The van der Waals surface area contributed by atoms with E-state index in [1.54, 1.807) is 0 Å². The molecule has 96 valence electrons. The smallest absolute Gasteiger partial charge is 0.0720 e. The Bertz CT molecular complexity index is 346. The summed E-state index contributed by atoms with van der Waals surface area (Å²) in [6, 6.07) is 3.10. The molecule has 1 aliphatic carbocycles. The summed E-state index contributed by atoms with van der Waals surface area (Å²) in [7, 11) is 0. The maximum Gasteiger partial charge on any atom is 0.0720 e. The molecular formula is C13H23N3O. The van der Waals surface area contributed by atoms with Crippen LogP contribution in [-0.4, -0.2) is 33.6 Å². The second-order valence-corrected chi connectivity index (χ2v) is 5.08. The van der Waals surface area contributed by atoms with Gasteiger partial charge in [0, 0.05) is 31.2 Å². The molecule has 0 bridgehead atoms. The van der Waals surface area contributed by atoms with E-state index in [2.05, 4.69) is 24.3 Å². The van der Waals surface area contributed by atoms with Crippen molar-refractivity contribution in [3.63, 3.8) is 0 Å². The summed E-state index contributed by atoms with van der Waals surface area (Å²) >= 11 is 0. The first kappa shape index (κ1) is 12.6. The Hall–Kier alpha value is -0.870. The van der Waals surface area contributed by atoms with Gasteiger partial charge in [-0.1, -0.05) is 6.92 Å². The number of hydrogen-bond donors (Lipinski definition) is 2. The van der Waals surface area contributed by atoms with E-state index in [9.17, 15) is 5.11 Å². The summed E-state index contributed by atoms with van der Waals surface area (Å²) in [6.07, 6.45) is 5.92. The van der Waals surface area contributed by atoms with E-state index in [0.717, 1.165) is 12.1 Å². The van der Waals surface area contributed by atoms with Gasteiger partial charge in [-0.05, 0) is 32.3 Å². The molecule has 2 atom stereocenters. The van der Waals surface area contributed by atoms with Crippen LogP contribution in [0.25, 0.3) is 0 Å². The van der Waals surface area contributed by atoms with Crippen molar-refractivity contribution in [3.05, 3.63) is 18.0 Å². The third-order valence-electron chi connectivity index (χ3n) is 3.37. The van der Waals surface area contributed by atoms with Gasteiger partial charge in [-0.2, -0.15) is 5.10 Å². The first-order valence-corrected chi connectivity index (χ1v) is 6.64. The van der Waals surface area contributed by atoms with Crippen LogP contribution in [0.4, 0.5) is 0 Å². The molecule has 2 N–H and O–H groups in total. The lowest BCUT2D eigenvalue weighted by molar-refractivity contribution is 0.170. The number of aliphatic hydroxyl groups excluding tert-OH is 1. The molecule has 4 nitrogen and oxygen atoms in total. The average Bonchev–Trinajstić information content (AvgIpc) is 3.05. The van der Waals surface area contributed by atoms with E-state index in [-0.39, 0.29) is 6.10 Å². The minimum absolute atomic E-state index is 0.323. The van der Waals surface area contributed by atoms with E-state index in [4.69, 9.17) is 0 Å². The van der Waals surface area contributed by atoms with Crippen molar-refractivity contribution in [2.24, 2.45) is 0 Å². The van der Waals surface area contributed by atoms with Gasteiger partial charge in [0.15, 0.2) is 0 Å². The number of nitrogens with zero attached hydrogens (tertiary/aromatic N) is 2. The molecule has 0 radical (unpaired) electrons. The largest absolute Gasteiger partial charge is 0.391 e. The molecule has 0 aromatic carbocycles. The fourth-order valence-electron chi connectivity index (χ4n) is 1.82. The highest BCUT2D eigenvalue weighted by atomic mass is 16.3. The number of aliphatic hydroxyl groups is 1. The minimum atomic E-state index is -0.323. The Morgan fingerprint density at radius 2 is 2.35 bits per heavy atom. The molecule has 2 unspecified atom stereocenters. The van der Waals surface area contributed by atoms with Crippen molar-refractivity contribution >= 4 is 0 Å². The highest BCUT2D eigenvalue weighted by Gasteiger charge is 2.21. The molecule has 1 fully saturated rings. The second-order valence-electron chi connectivity index (χ2n) is 5.08. The van der Waals surface area contributed by atoms with Crippen LogP contribution in [0.3, 0.4) is 0 Å². The molecule has 17 heavy (non-hydrogen) atoms. The Labute approximate surface area is 103 Å². The van der Waals surface area contributed by atoms with Gasteiger partial charge in [0.2, 0.25) is 0 Å². The fourth-order valence-corrected chi connectivity index (χ4v) is 1.82. The average molecular weight is 237 g/mol. The molecule has 1 aliphatic rings. The van der Waals surface area contributed by atoms with Gasteiger partial charge < -0.3 is 10.4 Å². The third-order valence-corrected chi connectivity index (χ3v) is 3.37. The van der Waals surface area contributed by atoms with Crippen molar-refractivity contribution in [1.29, 1.82) is 0 Å². The van der Waals surface area contributed by atoms with Crippen LogP contribution < -0.4 is 5.32 Å². The Balaban J connectivity index is 1.78. The Morgan fingerprint density at radius 3 is 3.00 bits per heavy atom. The van der Waals surface area contributed by atoms with Crippen LogP contribution in [0.15, 0.2) is 12.3 Å². The zero-order valence-electron chi connectivity index (χ0n) is 10.8. The highest BCUT2D eigenvalue weighted by molar-refractivity contribution is 5.01. The SMILES string of the molecule is CCC(C)n1ccc(CC(O)CNC2CC2)n1. The van der Waals surface area contributed by atoms with Gasteiger partial charge in [-0.15, -0.1) is 0 Å². The van der Waals surface area contributed by atoms with Gasteiger partial charge >= 0.3 is 0 Å². The molecule has 4 heteroatoms. The molecule has 1 saturated carbocycles. The molecule has 0 spiro atoms. The van der Waals surface area contributed by atoms with Crippen molar-refractivity contribution in [3.8, 4) is 0 Å². The summed E-state index contributed by atoms with van der Waals surface area (Å²) in [5.41, 5.74) is 0.982. The maximum absolute atomic E-state index is 9.87. The van der Waals surface area contributed by atoms with Gasteiger partial charge in [0.25, 0.3) is 0 Å². The maximum atomic E-state index is 9.87. The molecular weight excluding hydrogens is 214 g/mol. The standard InChI is InChI=1S/C13H23N3O/c1-3-10(2)16-7-6-12(15-16)8-13(17)9-14-11-4-5-11/h6-7,10-11,13-14,17H,3-5,8-9H2,1-2H3. The summed E-state index contributed by atoms with van der Waals surface area (Å²) in [5, 5.41) is 17.7. The molecule has 1 aromatic rings. The van der Waals surface area contributed by atoms with Crippen LogP contribution in [0.5, 0.6) is 0 Å². The van der Waals surface area contributed by atoms with Crippen LogP contribution in [0, 0.1) is 0 Å². The van der Waals surface area contributed by atoms with Crippen LogP contribution in [-0.2, 0) is 6.42 Å². The molecule has 0 aliphatic heterocycles.